The summed E-state index contributed by atoms with van der Waals surface area (Å²) < 4.78 is 0. The molecule has 0 radical (unpaired) electrons. The van der Waals surface area contributed by atoms with Crippen molar-refractivity contribution in [2.75, 3.05) is 6.54 Å². The number of nitrogens with two attached hydrogens (primary N) is 1. The minimum Gasteiger partial charge on any atom is -0.481 e. The molecule has 0 bridgehead atoms. The van der Waals surface area contributed by atoms with Gasteiger partial charge in [0.1, 0.15) is 18.1 Å². The largest absolute Gasteiger partial charge is 0.481 e. The van der Waals surface area contributed by atoms with Gasteiger partial charge in [-0.2, -0.15) is 0 Å². The number of nitrogens with zero attached hydrogens (tertiary/aromatic N) is 1. The molecule has 11 heteroatoms. The zero-order valence-corrected chi connectivity index (χ0v) is 18.5. The number of carboxylic acid groups (broad SMARTS) is 2. The maximum absolute atomic E-state index is 13.2. The zero-order valence-electron chi connectivity index (χ0n) is 18.5. The summed E-state index contributed by atoms with van der Waals surface area (Å²) in [6.07, 6.45) is 0.199. The Bertz CT molecular complexity index is 695. The minimum absolute atomic E-state index is 0.119. The summed E-state index contributed by atoms with van der Waals surface area (Å²) in [4.78, 5) is 61.7. The molecule has 1 heterocycles. The number of hydrogen-bond acceptors (Lipinski definition) is 6. The van der Waals surface area contributed by atoms with Gasteiger partial charge in [0, 0.05) is 13.0 Å². The topological polar surface area (TPSA) is 179 Å². The summed E-state index contributed by atoms with van der Waals surface area (Å²) in [5.74, 6) is -4.45. The number of rotatable bonds is 11. The van der Waals surface area contributed by atoms with E-state index in [-0.39, 0.29) is 18.3 Å². The van der Waals surface area contributed by atoms with Crippen LogP contribution in [0.15, 0.2) is 0 Å². The van der Waals surface area contributed by atoms with Crippen molar-refractivity contribution in [2.45, 2.75) is 77.5 Å². The van der Waals surface area contributed by atoms with Gasteiger partial charge in [-0.05, 0) is 31.1 Å². The molecule has 1 rings (SSSR count). The first-order valence-electron chi connectivity index (χ1n) is 10.5. The van der Waals surface area contributed by atoms with Gasteiger partial charge < -0.3 is 31.5 Å². The lowest BCUT2D eigenvalue weighted by atomic mass is 9.99. The molecule has 0 aromatic carbocycles. The molecular formula is C20H34N4O7. The molecule has 0 aromatic heterocycles. The first-order chi connectivity index (χ1) is 14.4. The summed E-state index contributed by atoms with van der Waals surface area (Å²) in [7, 11) is 0. The van der Waals surface area contributed by atoms with E-state index in [2.05, 4.69) is 10.6 Å². The smallest absolute Gasteiger partial charge is 0.326 e. The van der Waals surface area contributed by atoms with Crippen LogP contribution in [0.4, 0.5) is 0 Å². The van der Waals surface area contributed by atoms with Crippen LogP contribution in [0.3, 0.4) is 0 Å². The number of hydrogen-bond donors (Lipinski definition) is 5. The molecule has 0 aliphatic carbocycles. The monoisotopic (exact) mass is 442 g/mol. The van der Waals surface area contributed by atoms with Crippen molar-refractivity contribution in [3.8, 4) is 0 Å². The van der Waals surface area contributed by atoms with Gasteiger partial charge in [-0.15, -0.1) is 0 Å². The van der Waals surface area contributed by atoms with Gasteiger partial charge in [-0.25, -0.2) is 4.79 Å². The number of amides is 3. The van der Waals surface area contributed by atoms with Gasteiger partial charge in [-0.3, -0.25) is 19.2 Å². The van der Waals surface area contributed by atoms with Crippen LogP contribution < -0.4 is 16.4 Å². The van der Waals surface area contributed by atoms with Gasteiger partial charge in [0.25, 0.3) is 0 Å². The van der Waals surface area contributed by atoms with Crippen LogP contribution in [0, 0.1) is 11.8 Å². The van der Waals surface area contributed by atoms with Gasteiger partial charge in [0.05, 0.1) is 6.04 Å². The molecule has 6 N–H and O–H groups in total. The van der Waals surface area contributed by atoms with Gasteiger partial charge >= 0.3 is 11.9 Å². The van der Waals surface area contributed by atoms with Gasteiger partial charge in [0.2, 0.25) is 17.7 Å². The summed E-state index contributed by atoms with van der Waals surface area (Å²) in [5, 5.41) is 23.0. The predicted octanol–water partition coefficient (Wildman–Crippen LogP) is -0.464. The third-order valence-electron chi connectivity index (χ3n) is 5.35. The maximum atomic E-state index is 13.2. The fraction of sp³-hybridized carbons (Fsp3) is 0.750. The van der Waals surface area contributed by atoms with Crippen LogP contribution in [-0.4, -0.2) is 75.5 Å². The number of likely N-dealkylation sites (tertiary alicyclic amines) is 1. The molecular weight excluding hydrogens is 408 g/mol. The molecule has 31 heavy (non-hydrogen) atoms. The lowest BCUT2D eigenvalue weighted by Crippen LogP contribution is -2.58. The Morgan fingerprint density at radius 3 is 2.13 bits per heavy atom. The Morgan fingerprint density at radius 2 is 1.65 bits per heavy atom. The first-order valence-corrected chi connectivity index (χ1v) is 10.5. The number of aliphatic carboxylic acids is 2. The Morgan fingerprint density at radius 1 is 1.03 bits per heavy atom. The standard InChI is InChI=1S/C20H34N4O7/c1-10(2)15(21)18(28)23-16(11(3)4)19(29)24-9-5-6-13(24)17(27)22-12(20(30)31)7-8-14(25)26/h10-13,15-16H,5-9,21H2,1-4H3,(H,22,27)(H,23,28)(H,25,26)(H,30,31)/t12-,13-,15-,16-/m0/s1. The third-order valence-corrected chi connectivity index (χ3v) is 5.35. The first kappa shape index (κ1) is 26.3. The van der Waals surface area contributed by atoms with E-state index < -0.39 is 60.2 Å². The molecule has 0 spiro atoms. The van der Waals surface area contributed by atoms with Gasteiger partial charge in [0.15, 0.2) is 0 Å². The van der Waals surface area contributed by atoms with Crippen molar-refractivity contribution >= 4 is 29.7 Å². The SMILES string of the molecule is CC(C)[C@H](N)C(=O)N[C@H](C(=O)N1CCC[C@H]1C(=O)N[C@@H](CCC(=O)O)C(=O)O)C(C)C. The van der Waals surface area contributed by atoms with E-state index in [1.807, 2.05) is 0 Å². The van der Waals surface area contributed by atoms with Crippen molar-refractivity contribution in [1.82, 2.24) is 15.5 Å². The van der Waals surface area contributed by atoms with Crippen LogP contribution in [0.1, 0.15) is 53.4 Å². The zero-order chi connectivity index (χ0) is 23.9. The van der Waals surface area contributed by atoms with E-state index in [4.69, 9.17) is 10.8 Å². The van der Waals surface area contributed by atoms with Crippen molar-refractivity contribution in [2.24, 2.45) is 17.6 Å². The van der Waals surface area contributed by atoms with Gasteiger partial charge in [-0.1, -0.05) is 27.7 Å². The van der Waals surface area contributed by atoms with Crippen LogP contribution in [-0.2, 0) is 24.0 Å². The summed E-state index contributed by atoms with van der Waals surface area (Å²) in [6, 6.07) is -3.92. The molecule has 1 saturated heterocycles. The van der Waals surface area contributed by atoms with Crippen molar-refractivity contribution in [1.29, 1.82) is 0 Å². The molecule has 1 fully saturated rings. The van der Waals surface area contributed by atoms with E-state index in [0.29, 0.717) is 19.4 Å². The summed E-state index contributed by atoms with van der Waals surface area (Å²) in [6.45, 7) is 7.41. The van der Waals surface area contributed by atoms with Crippen molar-refractivity contribution in [3.63, 3.8) is 0 Å². The highest BCUT2D eigenvalue weighted by Crippen LogP contribution is 2.21. The van der Waals surface area contributed by atoms with Crippen LogP contribution in [0.2, 0.25) is 0 Å². The fourth-order valence-corrected chi connectivity index (χ4v) is 3.34. The van der Waals surface area contributed by atoms with Crippen LogP contribution >= 0.6 is 0 Å². The Hall–Kier alpha value is -2.69. The highest BCUT2D eigenvalue weighted by molar-refractivity contribution is 5.94. The average molecular weight is 443 g/mol. The minimum atomic E-state index is -1.37. The molecule has 0 unspecified atom stereocenters. The lowest BCUT2D eigenvalue weighted by molar-refractivity contribution is -0.146. The fourth-order valence-electron chi connectivity index (χ4n) is 3.34. The van der Waals surface area contributed by atoms with Crippen molar-refractivity contribution in [3.05, 3.63) is 0 Å². The quantitative estimate of drug-likeness (QED) is 0.285. The van der Waals surface area contributed by atoms with E-state index in [9.17, 15) is 29.1 Å². The summed E-state index contributed by atoms with van der Waals surface area (Å²) >= 11 is 0. The Balaban J connectivity index is 2.92. The molecule has 11 nitrogen and oxygen atoms in total. The van der Waals surface area contributed by atoms with Crippen LogP contribution in [0.5, 0.6) is 0 Å². The highest BCUT2D eigenvalue weighted by Gasteiger charge is 2.40. The second-order valence-electron chi connectivity index (χ2n) is 8.52. The molecule has 1 aliphatic heterocycles. The van der Waals surface area contributed by atoms with Crippen molar-refractivity contribution < 1.29 is 34.2 Å². The number of nitrogens with one attached hydrogen (secondary N) is 2. The Kier molecular flexibility index (Phi) is 9.89. The lowest BCUT2D eigenvalue weighted by Gasteiger charge is -2.31. The second-order valence-corrected chi connectivity index (χ2v) is 8.52. The summed E-state index contributed by atoms with van der Waals surface area (Å²) in [5.41, 5.74) is 5.87. The molecule has 0 saturated carbocycles. The molecule has 0 aromatic rings. The predicted molar refractivity (Wildman–Crippen MR) is 111 cm³/mol. The molecule has 1 aliphatic rings. The molecule has 176 valence electrons. The average Bonchev–Trinajstić information content (AvgIpc) is 3.16. The normalized spacial score (nSPS) is 19.1. The van der Waals surface area contributed by atoms with E-state index in [0.717, 1.165) is 0 Å². The third kappa shape index (κ3) is 7.50. The van der Waals surface area contributed by atoms with E-state index >= 15 is 0 Å². The highest BCUT2D eigenvalue weighted by atomic mass is 16.4. The number of carboxylic acids is 2. The number of carbonyl (C=O) groups excluding carboxylic acids is 3. The van der Waals surface area contributed by atoms with Crippen LogP contribution in [0.25, 0.3) is 0 Å². The number of carbonyl (C=O) groups is 5. The van der Waals surface area contributed by atoms with E-state index in [1.54, 1.807) is 27.7 Å². The second kappa shape index (κ2) is 11.6. The van der Waals surface area contributed by atoms with E-state index in [1.165, 1.54) is 4.90 Å². The molecule has 3 amide bonds. The Labute approximate surface area is 181 Å². The molecule has 4 atom stereocenters. The maximum Gasteiger partial charge on any atom is 0.326 e.